The summed E-state index contributed by atoms with van der Waals surface area (Å²) in [6, 6.07) is 67.7. The van der Waals surface area contributed by atoms with E-state index in [9.17, 15) is 2.74 Å². The molecule has 0 radical (unpaired) electrons. The molecule has 1 aliphatic heterocycles. The van der Waals surface area contributed by atoms with Crippen LogP contribution in [-0.2, 0) is 5.41 Å². The Bertz CT molecular complexity index is 4990. The molecule has 0 saturated carbocycles. The predicted molar refractivity (Wildman–Crippen MR) is 340 cm³/mol. The maximum atomic E-state index is 9.19. The van der Waals surface area contributed by atoms with Crippen molar-refractivity contribution in [2.75, 3.05) is 16.5 Å². The van der Waals surface area contributed by atoms with Gasteiger partial charge < -0.3 is 19.3 Å². The van der Waals surface area contributed by atoms with Crippen LogP contribution in [0.5, 0.6) is 23.0 Å². The Labute approximate surface area is 493 Å². The molecule has 82 heavy (non-hydrogen) atoms. The Hall–Kier alpha value is -10.4. The van der Waals surface area contributed by atoms with Gasteiger partial charge in [-0.1, -0.05) is 227 Å². The van der Waals surface area contributed by atoms with Crippen molar-refractivity contribution in [1.29, 1.82) is 0 Å². The minimum absolute atomic E-state index is 0.0133. The largest absolute Gasteiger partial charge is 0.457 e. The number of benzene rings is 11. The molecule has 0 amide bonds. The van der Waals surface area contributed by atoms with Crippen molar-refractivity contribution in [2.45, 2.75) is 26.2 Å². The molecule has 14 rings (SSSR count). The fourth-order valence-corrected chi connectivity index (χ4v) is 11.2. The lowest BCUT2D eigenvalue weighted by molar-refractivity contribution is 0.483. The Morgan fingerprint density at radius 3 is 1.70 bits per heavy atom. The van der Waals surface area contributed by atoms with Gasteiger partial charge in [0.15, 0.2) is 0 Å². The van der Waals surface area contributed by atoms with Crippen molar-refractivity contribution in [3.05, 3.63) is 291 Å². The highest BCUT2D eigenvalue weighted by Crippen LogP contribution is 2.51. The Balaban J connectivity index is 0.854. The minimum Gasteiger partial charge on any atom is -0.457 e. The third kappa shape index (κ3) is 9.40. The molecule has 0 saturated heterocycles. The second-order valence-corrected chi connectivity index (χ2v) is 21.2. The summed E-state index contributed by atoms with van der Waals surface area (Å²) >= 11 is 0. The van der Waals surface area contributed by atoms with Crippen LogP contribution in [0.2, 0.25) is 0 Å². The standard InChI is InChI=1S/C76H58N4O2/c1-76(2,3)58-46-56(52-23-8-4-9-24-52)45-57(47-58)66-37-22-36-65(55-29-14-7-15-30-55)75(66)82-62-43-44-77-73(50-62)80-69-38-17-16-33-67(69)68-42-41-61(49-72(68)80)81-60-32-20-31-59(48-60)78-51-79(71-40-19-18-39-70(71)78)74-63(53-25-10-5-11-26-53)34-21-35-64(74)54-27-12-6-13-28-54/h4-50H,51H2,1-3H3/i4D,7D,8D,9D,14D,15D,23D,24D,29D,30D. The number of ether oxygens (including phenoxy) is 2. The molecule has 6 nitrogen and oxygen atoms in total. The summed E-state index contributed by atoms with van der Waals surface area (Å²) in [6.07, 6.45) is 1.63. The van der Waals surface area contributed by atoms with E-state index in [-0.39, 0.29) is 34.5 Å². The molecule has 0 spiro atoms. The molecule has 394 valence electrons. The van der Waals surface area contributed by atoms with E-state index in [1.165, 1.54) is 0 Å². The quantitative estimate of drug-likeness (QED) is 0.122. The first-order valence-corrected chi connectivity index (χ1v) is 27.2. The van der Waals surface area contributed by atoms with Crippen LogP contribution in [-0.4, -0.2) is 16.2 Å². The van der Waals surface area contributed by atoms with E-state index < -0.39 is 53.8 Å². The number of nitrogens with zero attached hydrogens (tertiary/aromatic N) is 4. The van der Waals surface area contributed by atoms with E-state index in [2.05, 4.69) is 119 Å². The number of hydrogen-bond acceptors (Lipinski definition) is 5. The zero-order valence-electron chi connectivity index (χ0n) is 55.2. The fraction of sp³-hybridized carbons (Fsp3) is 0.0658. The van der Waals surface area contributed by atoms with Crippen molar-refractivity contribution in [2.24, 2.45) is 0 Å². The second kappa shape index (κ2) is 21.0. The summed E-state index contributed by atoms with van der Waals surface area (Å²) in [5.41, 5.74) is 12.0. The monoisotopic (exact) mass is 1070 g/mol. The summed E-state index contributed by atoms with van der Waals surface area (Å²) in [7, 11) is 0. The van der Waals surface area contributed by atoms with Gasteiger partial charge in [-0.25, -0.2) is 4.98 Å². The average molecular weight is 1070 g/mol. The zero-order chi connectivity index (χ0) is 63.9. The first-order chi connectivity index (χ1) is 44.4. The Morgan fingerprint density at radius 1 is 0.415 bits per heavy atom. The van der Waals surface area contributed by atoms with Gasteiger partial charge in [-0.15, -0.1) is 0 Å². The van der Waals surface area contributed by atoms with Crippen LogP contribution in [0.3, 0.4) is 0 Å². The van der Waals surface area contributed by atoms with Gasteiger partial charge in [-0.2, -0.15) is 0 Å². The summed E-state index contributed by atoms with van der Waals surface area (Å²) in [4.78, 5) is 9.67. The molecule has 1 aliphatic rings. The van der Waals surface area contributed by atoms with Crippen molar-refractivity contribution in [3.63, 3.8) is 0 Å². The first kappa shape index (κ1) is 39.9. The van der Waals surface area contributed by atoms with Crippen LogP contribution in [0.1, 0.15) is 40.0 Å². The maximum absolute atomic E-state index is 9.19. The van der Waals surface area contributed by atoms with Crippen LogP contribution in [0.15, 0.2) is 285 Å². The third-order valence-electron chi connectivity index (χ3n) is 15.1. The zero-order valence-corrected chi connectivity index (χ0v) is 45.2. The van der Waals surface area contributed by atoms with Gasteiger partial charge in [0.2, 0.25) is 0 Å². The molecule has 11 aromatic carbocycles. The van der Waals surface area contributed by atoms with E-state index in [1.807, 2.05) is 98.1 Å². The topological polar surface area (TPSA) is 42.8 Å². The van der Waals surface area contributed by atoms with Crippen molar-refractivity contribution in [3.8, 4) is 84.5 Å². The summed E-state index contributed by atoms with van der Waals surface area (Å²) in [5.74, 6) is 2.13. The number of hydrogen-bond donors (Lipinski definition) is 0. The van der Waals surface area contributed by atoms with Gasteiger partial charge in [0.1, 0.15) is 35.5 Å². The molecule has 0 unspecified atom stereocenters. The van der Waals surface area contributed by atoms with Crippen molar-refractivity contribution >= 4 is 44.6 Å². The highest BCUT2D eigenvalue weighted by molar-refractivity contribution is 6.09. The SMILES string of the molecule is [2H]c1c([2H])c([2H])c(-c2cc(-c3cccc(-c4c([2H])c([2H])c([2H])c([2H])c4[2H])c3Oc3ccnc(-n4c5ccccc5c5ccc(Oc6cccc(N7CN(c8c(-c9ccccc9)cccc8-c8ccccc8)c8ccccc87)c6)cc54)c3)cc(C(C)(C)C)c2)c([2H])c1[2H]. The number of para-hydroxylation sites is 5. The molecule has 0 aliphatic carbocycles. The van der Waals surface area contributed by atoms with Crippen LogP contribution in [0.25, 0.3) is 83.3 Å². The van der Waals surface area contributed by atoms with Gasteiger partial charge in [0, 0.05) is 63.1 Å². The third-order valence-corrected chi connectivity index (χ3v) is 15.1. The smallest absolute Gasteiger partial charge is 0.143 e. The molecule has 0 bridgehead atoms. The van der Waals surface area contributed by atoms with Gasteiger partial charge in [0.25, 0.3) is 0 Å². The highest BCUT2D eigenvalue weighted by atomic mass is 16.5. The number of pyridine rings is 1. The lowest BCUT2D eigenvalue weighted by Crippen LogP contribution is -2.24. The van der Waals surface area contributed by atoms with Crippen LogP contribution in [0, 0.1) is 0 Å². The fourth-order valence-electron chi connectivity index (χ4n) is 11.2. The second-order valence-electron chi connectivity index (χ2n) is 21.2. The Morgan fingerprint density at radius 2 is 0.988 bits per heavy atom. The van der Waals surface area contributed by atoms with Gasteiger partial charge in [-0.3, -0.25) is 4.57 Å². The first-order valence-electron chi connectivity index (χ1n) is 32.2. The van der Waals surface area contributed by atoms with Crippen LogP contribution >= 0.6 is 0 Å². The molecule has 0 atom stereocenters. The predicted octanol–water partition coefficient (Wildman–Crippen LogP) is 20.6. The number of rotatable bonds is 12. The lowest BCUT2D eigenvalue weighted by Gasteiger charge is -2.27. The van der Waals surface area contributed by atoms with Gasteiger partial charge >= 0.3 is 0 Å². The highest BCUT2D eigenvalue weighted by Gasteiger charge is 2.32. The molecular formula is C76H58N4O2. The molecule has 0 fully saturated rings. The molecule has 2 aromatic heterocycles. The number of aromatic nitrogens is 2. The lowest BCUT2D eigenvalue weighted by atomic mass is 9.83. The number of fused-ring (bicyclic) bond motifs is 4. The van der Waals surface area contributed by atoms with Crippen LogP contribution in [0.4, 0.5) is 22.7 Å². The summed E-state index contributed by atoms with van der Waals surface area (Å²) in [6.45, 7) is 6.56. The number of anilines is 4. The maximum Gasteiger partial charge on any atom is 0.143 e. The Kier molecular flexibility index (Phi) is 10.2. The normalized spacial score (nSPS) is 13.9. The molecule has 13 aromatic rings. The van der Waals surface area contributed by atoms with E-state index >= 15 is 0 Å². The van der Waals surface area contributed by atoms with Crippen molar-refractivity contribution in [1.82, 2.24) is 9.55 Å². The van der Waals surface area contributed by atoms with E-state index in [0.717, 1.165) is 72.4 Å². The van der Waals surface area contributed by atoms with E-state index in [0.29, 0.717) is 46.4 Å². The summed E-state index contributed by atoms with van der Waals surface area (Å²) < 4.78 is 104. The van der Waals surface area contributed by atoms with Crippen molar-refractivity contribution < 1.29 is 23.2 Å². The van der Waals surface area contributed by atoms with Crippen LogP contribution < -0.4 is 19.3 Å². The molecule has 0 N–H and O–H groups in total. The molecule has 3 heterocycles. The van der Waals surface area contributed by atoms with E-state index in [4.69, 9.17) is 25.4 Å². The summed E-state index contributed by atoms with van der Waals surface area (Å²) in [5, 5.41) is 1.91. The van der Waals surface area contributed by atoms with Gasteiger partial charge in [0.05, 0.1) is 41.8 Å². The average Bonchev–Trinajstić information content (AvgIpc) is 1.37. The van der Waals surface area contributed by atoms with Gasteiger partial charge in [-0.05, 0) is 99.0 Å². The van der Waals surface area contributed by atoms with E-state index in [1.54, 1.807) is 42.6 Å². The minimum atomic E-state index is -0.546. The molecular weight excluding hydrogens is 1000 g/mol. The molecule has 6 heteroatoms.